The third kappa shape index (κ3) is 2.92. The van der Waals surface area contributed by atoms with Gasteiger partial charge in [0.25, 0.3) is 0 Å². The molecule has 0 amide bonds. The number of thiazole rings is 1. The van der Waals surface area contributed by atoms with Crippen molar-refractivity contribution in [3.05, 3.63) is 11.1 Å². The summed E-state index contributed by atoms with van der Waals surface area (Å²) in [5.74, 6) is 0. The Hall–Kier alpha value is -1.15. The fourth-order valence-electron chi connectivity index (χ4n) is 0.778. The summed E-state index contributed by atoms with van der Waals surface area (Å²) in [5, 5.41) is 12.9. The lowest BCUT2D eigenvalue weighted by molar-refractivity contribution is 0.319. The van der Waals surface area contributed by atoms with Crippen molar-refractivity contribution in [1.82, 2.24) is 4.98 Å². The van der Waals surface area contributed by atoms with Crippen molar-refractivity contribution >= 4 is 32.2 Å². The van der Waals surface area contributed by atoms with Crippen LogP contribution in [0.5, 0.6) is 0 Å². The van der Waals surface area contributed by atoms with E-state index in [4.69, 9.17) is 5.21 Å². The minimum Gasteiger partial charge on any atom is -0.411 e. The molecule has 0 aliphatic rings. The van der Waals surface area contributed by atoms with Crippen LogP contribution in [0.25, 0.3) is 0 Å². The minimum atomic E-state index is -3.37. The Balaban J connectivity index is 2.89. The molecule has 1 aromatic heterocycles. The zero-order valence-electron chi connectivity index (χ0n) is 9.13. The number of oxime groups is 1. The highest BCUT2D eigenvalue weighted by atomic mass is 32.2. The quantitative estimate of drug-likeness (QED) is 0.489. The van der Waals surface area contributed by atoms with Crippen LogP contribution >= 0.6 is 11.3 Å². The number of anilines is 1. The van der Waals surface area contributed by atoms with Crippen LogP contribution < -0.4 is 4.72 Å². The van der Waals surface area contributed by atoms with Crippen molar-refractivity contribution in [2.24, 2.45) is 5.16 Å². The molecule has 90 valence electrons. The van der Waals surface area contributed by atoms with Crippen molar-refractivity contribution < 1.29 is 13.6 Å². The van der Waals surface area contributed by atoms with Crippen LogP contribution in [0.2, 0.25) is 0 Å². The van der Waals surface area contributed by atoms with Crippen molar-refractivity contribution in [3.8, 4) is 0 Å². The molecule has 0 aromatic carbocycles. The highest BCUT2D eigenvalue weighted by molar-refractivity contribution is 7.93. The fraction of sp³-hybridized carbons (Fsp3) is 0.500. The van der Waals surface area contributed by atoms with Crippen molar-refractivity contribution in [3.63, 3.8) is 0 Å². The molecule has 2 N–H and O–H groups in total. The molecular formula is C8H13N3O3S2. The van der Waals surface area contributed by atoms with Crippen molar-refractivity contribution in [1.29, 1.82) is 0 Å². The van der Waals surface area contributed by atoms with Gasteiger partial charge in [-0.1, -0.05) is 5.16 Å². The van der Waals surface area contributed by atoms with Gasteiger partial charge in [0.1, 0.15) is 11.4 Å². The van der Waals surface area contributed by atoms with E-state index in [0.29, 0.717) is 11.4 Å². The second-order valence-corrected chi connectivity index (χ2v) is 6.51. The first-order valence-corrected chi connectivity index (χ1v) is 6.95. The highest BCUT2D eigenvalue weighted by Crippen LogP contribution is 2.18. The van der Waals surface area contributed by atoms with Gasteiger partial charge < -0.3 is 5.21 Å². The SMILES string of the molecule is CC(=NO)c1csc(NS(=O)(=O)C(C)C)n1. The maximum absolute atomic E-state index is 11.5. The Morgan fingerprint density at radius 3 is 2.75 bits per heavy atom. The standard InChI is InChI=1S/C8H13N3O3S2/c1-5(2)16(13,14)11-8-9-7(4-15-8)6(3)10-12/h4-5,12H,1-3H3,(H,9,11). The summed E-state index contributed by atoms with van der Waals surface area (Å²) in [7, 11) is -3.37. The van der Waals surface area contributed by atoms with E-state index in [1.165, 1.54) is 0 Å². The zero-order valence-corrected chi connectivity index (χ0v) is 10.8. The van der Waals surface area contributed by atoms with Gasteiger partial charge in [-0.05, 0) is 20.8 Å². The summed E-state index contributed by atoms with van der Waals surface area (Å²) < 4.78 is 25.4. The maximum Gasteiger partial charge on any atom is 0.236 e. The summed E-state index contributed by atoms with van der Waals surface area (Å²) in [6, 6.07) is 0. The predicted octanol–water partition coefficient (Wildman–Crippen LogP) is 1.49. The van der Waals surface area contributed by atoms with Crippen LogP contribution in [0.1, 0.15) is 26.5 Å². The Morgan fingerprint density at radius 2 is 2.25 bits per heavy atom. The van der Waals surface area contributed by atoms with Gasteiger partial charge in [0.05, 0.1) is 5.25 Å². The molecule has 0 atom stereocenters. The van der Waals surface area contributed by atoms with Gasteiger partial charge in [-0.25, -0.2) is 13.4 Å². The number of hydrogen-bond donors (Lipinski definition) is 2. The molecule has 0 unspecified atom stereocenters. The van der Waals surface area contributed by atoms with Gasteiger partial charge in [0.2, 0.25) is 10.0 Å². The molecule has 1 rings (SSSR count). The topological polar surface area (TPSA) is 91.7 Å². The molecule has 0 aliphatic heterocycles. The summed E-state index contributed by atoms with van der Waals surface area (Å²) in [4.78, 5) is 3.99. The fourth-order valence-corrected chi connectivity index (χ4v) is 2.44. The first kappa shape index (κ1) is 12.9. The molecule has 0 saturated carbocycles. The van der Waals surface area contributed by atoms with Gasteiger partial charge in [0, 0.05) is 5.38 Å². The molecule has 1 aromatic rings. The third-order valence-corrected chi connectivity index (χ3v) is 4.48. The first-order valence-electron chi connectivity index (χ1n) is 4.53. The normalized spacial score (nSPS) is 13.1. The minimum absolute atomic E-state index is 0.270. The molecule has 8 heteroatoms. The van der Waals surface area contributed by atoms with E-state index in [0.717, 1.165) is 11.3 Å². The predicted molar refractivity (Wildman–Crippen MR) is 63.8 cm³/mol. The average molecular weight is 263 g/mol. The van der Waals surface area contributed by atoms with Gasteiger partial charge in [-0.3, -0.25) is 4.72 Å². The molecule has 0 saturated heterocycles. The molecule has 6 nitrogen and oxygen atoms in total. The summed E-state index contributed by atoms with van der Waals surface area (Å²) >= 11 is 1.14. The zero-order chi connectivity index (χ0) is 12.3. The summed E-state index contributed by atoms with van der Waals surface area (Å²) in [6.07, 6.45) is 0. The van der Waals surface area contributed by atoms with Crippen LogP contribution in [0.15, 0.2) is 10.5 Å². The van der Waals surface area contributed by atoms with Crippen LogP contribution in [0.4, 0.5) is 5.13 Å². The van der Waals surface area contributed by atoms with Crippen LogP contribution in [0.3, 0.4) is 0 Å². The van der Waals surface area contributed by atoms with E-state index in [9.17, 15) is 8.42 Å². The first-order chi connectivity index (χ1) is 7.36. The number of nitrogens with zero attached hydrogens (tertiary/aromatic N) is 2. The van der Waals surface area contributed by atoms with E-state index < -0.39 is 15.3 Å². The van der Waals surface area contributed by atoms with Crippen LogP contribution in [-0.4, -0.2) is 29.6 Å². The largest absolute Gasteiger partial charge is 0.411 e. The molecule has 0 radical (unpaired) electrons. The Kier molecular flexibility index (Phi) is 3.87. The molecule has 0 bridgehead atoms. The lowest BCUT2D eigenvalue weighted by atomic mass is 10.3. The van der Waals surface area contributed by atoms with Gasteiger partial charge >= 0.3 is 0 Å². The number of hydrogen-bond acceptors (Lipinski definition) is 6. The number of rotatable bonds is 4. The monoisotopic (exact) mass is 263 g/mol. The lowest BCUT2D eigenvalue weighted by Crippen LogP contribution is -2.22. The van der Waals surface area contributed by atoms with E-state index >= 15 is 0 Å². The number of aromatic nitrogens is 1. The number of sulfonamides is 1. The molecule has 16 heavy (non-hydrogen) atoms. The van der Waals surface area contributed by atoms with Gasteiger partial charge in [0.15, 0.2) is 5.13 Å². The van der Waals surface area contributed by atoms with Crippen LogP contribution in [-0.2, 0) is 10.0 Å². The summed E-state index contributed by atoms with van der Waals surface area (Å²) in [6.45, 7) is 4.74. The van der Waals surface area contributed by atoms with Crippen LogP contribution in [0, 0.1) is 0 Å². The van der Waals surface area contributed by atoms with E-state index in [2.05, 4.69) is 14.9 Å². The summed E-state index contributed by atoms with van der Waals surface area (Å²) in [5.41, 5.74) is 0.792. The van der Waals surface area contributed by atoms with Crippen molar-refractivity contribution in [2.45, 2.75) is 26.0 Å². The maximum atomic E-state index is 11.5. The molecule has 0 spiro atoms. The number of nitrogens with one attached hydrogen (secondary N) is 1. The van der Waals surface area contributed by atoms with E-state index in [-0.39, 0.29) is 5.13 Å². The van der Waals surface area contributed by atoms with E-state index in [1.54, 1.807) is 26.2 Å². The highest BCUT2D eigenvalue weighted by Gasteiger charge is 2.17. The second-order valence-electron chi connectivity index (χ2n) is 3.42. The van der Waals surface area contributed by atoms with Gasteiger partial charge in [-0.15, -0.1) is 11.3 Å². The smallest absolute Gasteiger partial charge is 0.236 e. The molecule has 0 fully saturated rings. The second kappa shape index (κ2) is 4.79. The Bertz CT molecular complexity index is 490. The van der Waals surface area contributed by atoms with Crippen molar-refractivity contribution in [2.75, 3.05) is 4.72 Å². The third-order valence-electron chi connectivity index (χ3n) is 1.88. The average Bonchev–Trinajstić information content (AvgIpc) is 2.64. The van der Waals surface area contributed by atoms with E-state index in [1.807, 2.05) is 0 Å². The Morgan fingerprint density at radius 1 is 1.62 bits per heavy atom. The molecule has 0 aliphatic carbocycles. The van der Waals surface area contributed by atoms with Gasteiger partial charge in [-0.2, -0.15) is 0 Å². The Labute approximate surface area is 98.1 Å². The molecule has 1 heterocycles. The lowest BCUT2D eigenvalue weighted by Gasteiger charge is -2.07. The molecular weight excluding hydrogens is 250 g/mol.